The van der Waals surface area contributed by atoms with Crippen LogP contribution in [0.4, 0.5) is 0 Å². The molecule has 0 spiro atoms. The second-order valence-corrected chi connectivity index (χ2v) is 4.40. The number of carbonyl (C=O) groups is 1. The van der Waals surface area contributed by atoms with Crippen molar-refractivity contribution in [2.75, 3.05) is 7.05 Å². The first-order chi connectivity index (χ1) is 9.58. The Morgan fingerprint density at radius 3 is 2.75 bits per heavy atom. The summed E-state index contributed by atoms with van der Waals surface area (Å²) in [5.41, 5.74) is 2.73. The van der Waals surface area contributed by atoms with Gasteiger partial charge in [-0.05, 0) is 25.8 Å². The molecule has 1 rings (SSSR count). The summed E-state index contributed by atoms with van der Waals surface area (Å²) < 4.78 is 0. The molecule has 110 valence electrons. The van der Waals surface area contributed by atoms with Gasteiger partial charge in [-0.15, -0.1) is 0 Å². The first-order valence-electron chi connectivity index (χ1n) is 6.39. The molecule has 3 N–H and O–H groups in total. The molecule has 1 aliphatic carbocycles. The minimum atomic E-state index is -0.470. The van der Waals surface area contributed by atoms with Crippen LogP contribution in [0.25, 0.3) is 0 Å². The van der Waals surface area contributed by atoms with Crippen LogP contribution in [0.15, 0.2) is 34.3 Å². The third-order valence-electron chi connectivity index (χ3n) is 2.84. The van der Waals surface area contributed by atoms with Gasteiger partial charge in [-0.3, -0.25) is 15.2 Å². The molecule has 0 saturated heterocycles. The lowest BCUT2D eigenvalue weighted by molar-refractivity contribution is -0.120. The summed E-state index contributed by atoms with van der Waals surface area (Å²) in [6, 6.07) is -0.200. The van der Waals surface area contributed by atoms with Gasteiger partial charge in [0, 0.05) is 20.0 Å². The summed E-state index contributed by atoms with van der Waals surface area (Å²) in [6.07, 6.45) is 7.73. The Balaban J connectivity index is 2.65. The molecule has 0 aromatic heterocycles. The third-order valence-corrected chi connectivity index (χ3v) is 2.84. The van der Waals surface area contributed by atoms with Crippen molar-refractivity contribution in [1.82, 2.24) is 15.8 Å². The maximum atomic E-state index is 12.0. The van der Waals surface area contributed by atoms with Crippen LogP contribution in [0.3, 0.4) is 0 Å². The van der Waals surface area contributed by atoms with Crippen molar-refractivity contribution in [3.63, 3.8) is 0 Å². The van der Waals surface area contributed by atoms with Crippen LogP contribution in [-0.2, 0) is 4.79 Å². The third kappa shape index (κ3) is 4.85. The number of aliphatic hydroxyl groups is 1. The minimum absolute atomic E-state index is 0.200. The van der Waals surface area contributed by atoms with Crippen LogP contribution in [-0.4, -0.2) is 48.1 Å². The maximum Gasteiger partial charge on any atom is 0.271 e. The lowest BCUT2D eigenvalue weighted by Gasteiger charge is -2.33. The molecule has 0 aliphatic heterocycles. The molecule has 0 bridgehead atoms. The van der Waals surface area contributed by atoms with Crippen molar-refractivity contribution in [2.24, 2.45) is 10.2 Å². The highest BCUT2D eigenvalue weighted by Gasteiger charge is 2.30. The van der Waals surface area contributed by atoms with Gasteiger partial charge in [0.15, 0.2) is 0 Å². The number of rotatable bonds is 7. The number of hydrazone groups is 2. The van der Waals surface area contributed by atoms with E-state index in [2.05, 4.69) is 27.7 Å². The molecule has 1 saturated carbocycles. The van der Waals surface area contributed by atoms with Gasteiger partial charge in [0.25, 0.3) is 5.91 Å². The number of nitrogens with one attached hydrogen (secondary N) is 2. The Kier molecular flexibility index (Phi) is 6.45. The lowest BCUT2D eigenvalue weighted by atomic mass is 9.89. The standard InChI is InChI=1S/C13H21N5O2/c1-4-5-8-15-18(3)9-11(17-14-2)13(20)16-10-6-7-12(10)19/h4-5,8-10,12,17,19H,2,6-7H2,1,3H3,(H,16,20)/b5-4-,11-9-,15-8-/t10-,12+/m0/s1. The lowest BCUT2D eigenvalue weighted by Crippen LogP contribution is -2.51. The summed E-state index contributed by atoms with van der Waals surface area (Å²) in [5.74, 6) is -0.353. The van der Waals surface area contributed by atoms with E-state index in [1.165, 1.54) is 11.2 Å². The average Bonchev–Trinajstić information content (AvgIpc) is 2.42. The predicted molar refractivity (Wildman–Crippen MR) is 79.0 cm³/mol. The number of aliphatic hydroxyl groups excluding tert-OH is 1. The minimum Gasteiger partial charge on any atom is -0.391 e. The Morgan fingerprint density at radius 1 is 1.50 bits per heavy atom. The van der Waals surface area contributed by atoms with Crippen molar-refractivity contribution < 1.29 is 9.90 Å². The number of hydrogen-bond donors (Lipinski definition) is 3. The van der Waals surface area contributed by atoms with E-state index in [0.29, 0.717) is 6.42 Å². The van der Waals surface area contributed by atoms with Crippen molar-refractivity contribution in [1.29, 1.82) is 0 Å². The average molecular weight is 279 g/mol. The van der Waals surface area contributed by atoms with E-state index in [0.717, 1.165) is 6.42 Å². The first-order valence-corrected chi connectivity index (χ1v) is 6.39. The van der Waals surface area contributed by atoms with Gasteiger partial charge in [0.05, 0.1) is 18.3 Å². The maximum absolute atomic E-state index is 12.0. The van der Waals surface area contributed by atoms with E-state index < -0.39 is 6.10 Å². The van der Waals surface area contributed by atoms with Crippen molar-refractivity contribution in [3.05, 3.63) is 24.0 Å². The van der Waals surface area contributed by atoms with Crippen LogP contribution in [0.1, 0.15) is 19.8 Å². The van der Waals surface area contributed by atoms with Gasteiger partial charge in [-0.25, -0.2) is 0 Å². The van der Waals surface area contributed by atoms with Crippen LogP contribution >= 0.6 is 0 Å². The molecule has 0 heterocycles. The second kappa shape index (κ2) is 8.11. The summed E-state index contributed by atoms with van der Waals surface area (Å²) >= 11 is 0. The highest BCUT2D eigenvalue weighted by atomic mass is 16.3. The van der Waals surface area contributed by atoms with Crippen molar-refractivity contribution >= 4 is 18.8 Å². The Hall–Kier alpha value is -2.15. The number of hydrogen-bond acceptors (Lipinski definition) is 6. The van der Waals surface area contributed by atoms with E-state index in [-0.39, 0.29) is 17.6 Å². The van der Waals surface area contributed by atoms with Gasteiger partial charge in [-0.2, -0.15) is 10.2 Å². The van der Waals surface area contributed by atoms with E-state index in [1.54, 1.807) is 19.3 Å². The number of allylic oxidation sites excluding steroid dienone is 2. The van der Waals surface area contributed by atoms with Crippen LogP contribution < -0.4 is 10.7 Å². The number of carbonyl (C=O) groups excluding carboxylic acids is 1. The van der Waals surface area contributed by atoms with Crippen LogP contribution in [0.2, 0.25) is 0 Å². The smallest absolute Gasteiger partial charge is 0.271 e. The monoisotopic (exact) mass is 279 g/mol. The van der Waals surface area contributed by atoms with Gasteiger partial charge >= 0.3 is 0 Å². The van der Waals surface area contributed by atoms with E-state index in [9.17, 15) is 9.90 Å². The molecule has 0 radical (unpaired) electrons. The molecule has 0 aromatic rings. The van der Waals surface area contributed by atoms with E-state index >= 15 is 0 Å². The molecule has 1 aliphatic rings. The SMILES string of the molecule is C=NN/C(=C\N(C)/N=C\C=C/C)C(=O)N[C@H]1CC[C@H]1O. The molecular weight excluding hydrogens is 258 g/mol. The fraction of sp³-hybridized carbons (Fsp3) is 0.462. The van der Waals surface area contributed by atoms with Crippen molar-refractivity contribution in [3.8, 4) is 0 Å². The summed E-state index contributed by atoms with van der Waals surface area (Å²) in [5, 5.41) is 21.2. The quantitative estimate of drug-likeness (QED) is 0.352. The largest absolute Gasteiger partial charge is 0.391 e. The predicted octanol–water partition coefficient (Wildman–Crippen LogP) is 0.166. The summed E-state index contributed by atoms with van der Waals surface area (Å²) in [4.78, 5) is 12.0. The van der Waals surface area contributed by atoms with Crippen LogP contribution in [0.5, 0.6) is 0 Å². The van der Waals surface area contributed by atoms with Gasteiger partial charge in [0.2, 0.25) is 0 Å². The topological polar surface area (TPSA) is 89.3 Å². The van der Waals surface area contributed by atoms with Gasteiger partial charge in [-0.1, -0.05) is 6.08 Å². The highest BCUT2D eigenvalue weighted by Crippen LogP contribution is 2.19. The fourth-order valence-electron chi connectivity index (χ4n) is 1.57. The Bertz CT molecular complexity index is 430. The molecule has 20 heavy (non-hydrogen) atoms. The molecule has 7 heteroatoms. The van der Waals surface area contributed by atoms with E-state index in [4.69, 9.17) is 0 Å². The molecule has 2 atom stereocenters. The Morgan fingerprint density at radius 2 is 2.25 bits per heavy atom. The molecule has 0 unspecified atom stereocenters. The van der Waals surface area contributed by atoms with Crippen LogP contribution in [0, 0.1) is 0 Å². The summed E-state index contributed by atoms with van der Waals surface area (Å²) in [7, 11) is 1.69. The fourth-order valence-corrected chi connectivity index (χ4v) is 1.57. The molecule has 1 amide bonds. The number of amides is 1. The van der Waals surface area contributed by atoms with E-state index in [1.807, 2.05) is 13.0 Å². The van der Waals surface area contributed by atoms with Gasteiger partial charge < -0.3 is 10.4 Å². The number of nitrogens with zero attached hydrogens (tertiary/aromatic N) is 3. The summed E-state index contributed by atoms with van der Waals surface area (Å²) in [6.45, 7) is 5.18. The molecule has 0 aromatic carbocycles. The molecular formula is C13H21N5O2. The molecule has 7 nitrogen and oxygen atoms in total. The van der Waals surface area contributed by atoms with Gasteiger partial charge in [0.1, 0.15) is 5.70 Å². The van der Waals surface area contributed by atoms with Crippen molar-refractivity contribution in [2.45, 2.75) is 31.9 Å². The second-order valence-electron chi connectivity index (χ2n) is 4.40. The Labute approximate surface area is 118 Å². The first kappa shape index (κ1) is 15.9. The normalized spacial score (nSPS) is 22.6. The molecule has 1 fully saturated rings. The highest BCUT2D eigenvalue weighted by molar-refractivity contribution is 5.93. The zero-order chi connectivity index (χ0) is 15.0. The zero-order valence-corrected chi connectivity index (χ0v) is 11.8. The zero-order valence-electron chi connectivity index (χ0n) is 11.8.